The molecule has 3 heterocycles. The molecule has 1 saturated heterocycles. The number of fused-ring (bicyclic) bond motifs is 1. The van der Waals surface area contributed by atoms with Gasteiger partial charge in [0.05, 0.1) is 30.9 Å². The Bertz CT molecular complexity index is 1200. The molecule has 0 N–H and O–H groups in total. The molecule has 0 aliphatic carbocycles. The van der Waals surface area contributed by atoms with Crippen LogP contribution in [0.5, 0.6) is 5.75 Å². The van der Waals surface area contributed by atoms with E-state index in [1.54, 1.807) is 13.4 Å². The Balaban J connectivity index is 1.47. The molecular formula is C26H27FN4O2. The summed E-state index contributed by atoms with van der Waals surface area (Å²) in [5, 5.41) is 4.45. The van der Waals surface area contributed by atoms with E-state index in [0.29, 0.717) is 6.61 Å². The molecule has 2 aromatic carbocycles. The SMILES string of the molecule is COc1cc(/C=C2\CCCCN3C2=NOC[C@@H]3c2ccc(F)cc2)ccc1-n1cnc(C)c1. The van der Waals surface area contributed by atoms with Crippen LogP contribution in [-0.2, 0) is 4.84 Å². The van der Waals surface area contributed by atoms with Gasteiger partial charge in [-0.05, 0) is 73.2 Å². The summed E-state index contributed by atoms with van der Waals surface area (Å²) in [5.41, 5.74) is 5.10. The Morgan fingerprint density at radius 1 is 1.15 bits per heavy atom. The summed E-state index contributed by atoms with van der Waals surface area (Å²) in [5.74, 6) is 1.41. The van der Waals surface area contributed by atoms with Crippen LogP contribution >= 0.6 is 0 Å². The largest absolute Gasteiger partial charge is 0.495 e. The van der Waals surface area contributed by atoms with Crippen molar-refractivity contribution >= 4 is 11.9 Å². The summed E-state index contributed by atoms with van der Waals surface area (Å²) in [7, 11) is 1.68. The van der Waals surface area contributed by atoms with Gasteiger partial charge < -0.3 is 19.0 Å². The van der Waals surface area contributed by atoms with E-state index >= 15 is 0 Å². The number of oxime groups is 1. The van der Waals surface area contributed by atoms with Crippen LogP contribution in [0.15, 0.2) is 65.7 Å². The van der Waals surface area contributed by atoms with Crippen LogP contribution < -0.4 is 4.74 Å². The minimum Gasteiger partial charge on any atom is -0.495 e. The van der Waals surface area contributed by atoms with Gasteiger partial charge in [0.25, 0.3) is 0 Å². The summed E-state index contributed by atoms with van der Waals surface area (Å²) in [6, 6.07) is 12.9. The number of halogens is 1. The Morgan fingerprint density at radius 2 is 2.00 bits per heavy atom. The number of rotatable bonds is 4. The first-order valence-electron chi connectivity index (χ1n) is 11.2. The van der Waals surface area contributed by atoms with Crippen LogP contribution in [0.25, 0.3) is 11.8 Å². The Hall–Kier alpha value is -3.61. The second kappa shape index (κ2) is 9.10. The molecule has 0 bridgehead atoms. The predicted molar refractivity (Wildman–Crippen MR) is 126 cm³/mol. The Labute approximate surface area is 192 Å². The van der Waals surface area contributed by atoms with E-state index in [9.17, 15) is 4.39 Å². The quantitative estimate of drug-likeness (QED) is 0.547. The highest BCUT2D eigenvalue weighted by molar-refractivity contribution is 6.02. The normalized spacial score (nSPS) is 19.5. The van der Waals surface area contributed by atoms with Crippen molar-refractivity contribution < 1.29 is 14.0 Å². The van der Waals surface area contributed by atoms with Crippen molar-refractivity contribution in [3.63, 3.8) is 0 Å². The molecule has 2 aliphatic rings. The van der Waals surface area contributed by atoms with E-state index in [2.05, 4.69) is 27.2 Å². The van der Waals surface area contributed by atoms with Crippen molar-refractivity contribution in [3.8, 4) is 11.4 Å². The van der Waals surface area contributed by atoms with E-state index in [-0.39, 0.29) is 11.9 Å². The third-order valence-corrected chi connectivity index (χ3v) is 6.20. The first-order chi connectivity index (χ1) is 16.1. The zero-order valence-corrected chi connectivity index (χ0v) is 18.9. The fourth-order valence-corrected chi connectivity index (χ4v) is 4.52. The molecule has 1 atom stereocenters. The Morgan fingerprint density at radius 3 is 2.76 bits per heavy atom. The number of amidine groups is 1. The van der Waals surface area contributed by atoms with Crippen molar-refractivity contribution in [2.75, 3.05) is 20.3 Å². The van der Waals surface area contributed by atoms with Crippen LogP contribution in [0.3, 0.4) is 0 Å². The molecule has 0 saturated carbocycles. The molecule has 1 fully saturated rings. The first kappa shape index (κ1) is 21.2. The van der Waals surface area contributed by atoms with E-state index in [1.807, 2.05) is 42.0 Å². The lowest BCUT2D eigenvalue weighted by Crippen LogP contribution is -2.40. The lowest BCUT2D eigenvalue weighted by Gasteiger charge is -2.36. The fraction of sp³-hybridized carbons (Fsp3) is 0.308. The van der Waals surface area contributed by atoms with Crippen LogP contribution in [0.1, 0.15) is 42.1 Å². The maximum absolute atomic E-state index is 13.5. The summed E-state index contributed by atoms with van der Waals surface area (Å²) in [4.78, 5) is 12.3. The van der Waals surface area contributed by atoms with Crippen LogP contribution in [0.4, 0.5) is 4.39 Å². The summed E-state index contributed by atoms with van der Waals surface area (Å²) >= 11 is 0. The minimum atomic E-state index is -0.232. The molecule has 6 nitrogen and oxygen atoms in total. The average molecular weight is 447 g/mol. The summed E-state index contributed by atoms with van der Waals surface area (Å²) in [6.07, 6.45) is 8.98. The van der Waals surface area contributed by atoms with Gasteiger partial charge in [0.2, 0.25) is 0 Å². The molecule has 2 aliphatic heterocycles. The number of hydrogen-bond acceptors (Lipinski definition) is 5. The zero-order chi connectivity index (χ0) is 22.8. The van der Waals surface area contributed by atoms with Crippen LogP contribution in [-0.4, -0.2) is 40.5 Å². The maximum atomic E-state index is 13.5. The number of nitrogens with zero attached hydrogens (tertiary/aromatic N) is 4. The van der Waals surface area contributed by atoms with Crippen molar-refractivity contribution in [3.05, 3.63) is 83.2 Å². The summed E-state index contributed by atoms with van der Waals surface area (Å²) in [6.45, 7) is 3.31. The second-order valence-corrected chi connectivity index (χ2v) is 8.45. The monoisotopic (exact) mass is 446 g/mol. The van der Waals surface area contributed by atoms with Gasteiger partial charge in [-0.25, -0.2) is 9.37 Å². The van der Waals surface area contributed by atoms with Gasteiger partial charge in [-0.3, -0.25) is 0 Å². The number of benzene rings is 2. The van der Waals surface area contributed by atoms with Gasteiger partial charge in [0, 0.05) is 12.7 Å². The molecule has 7 heteroatoms. The van der Waals surface area contributed by atoms with Gasteiger partial charge in [0.1, 0.15) is 18.2 Å². The van der Waals surface area contributed by atoms with Crippen LogP contribution in [0, 0.1) is 12.7 Å². The highest BCUT2D eigenvalue weighted by Crippen LogP contribution is 2.33. The van der Waals surface area contributed by atoms with E-state index in [4.69, 9.17) is 9.57 Å². The van der Waals surface area contributed by atoms with Crippen molar-refractivity contribution in [2.24, 2.45) is 5.16 Å². The fourth-order valence-electron chi connectivity index (χ4n) is 4.52. The van der Waals surface area contributed by atoms with Gasteiger partial charge in [-0.2, -0.15) is 0 Å². The second-order valence-electron chi connectivity index (χ2n) is 8.45. The molecule has 1 aromatic heterocycles. The summed E-state index contributed by atoms with van der Waals surface area (Å²) < 4.78 is 21.1. The number of hydrogen-bond donors (Lipinski definition) is 0. The number of ether oxygens (including phenoxy) is 1. The van der Waals surface area contributed by atoms with Gasteiger partial charge in [-0.1, -0.05) is 23.4 Å². The first-order valence-corrected chi connectivity index (χ1v) is 11.2. The van der Waals surface area contributed by atoms with Gasteiger partial charge >= 0.3 is 0 Å². The maximum Gasteiger partial charge on any atom is 0.172 e. The Kier molecular flexibility index (Phi) is 5.86. The minimum absolute atomic E-state index is 0.0148. The topological polar surface area (TPSA) is 51.9 Å². The van der Waals surface area contributed by atoms with E-state index < -0.39 is 0 Å². The number of imidazole rings is 1. The predicted octanol–water partition coefficient (Wildman–Crippen LogP) is 5.28. The molecular weight excluding hydrogens is 419 g/mol. The van der Waals surface area contributed by atoms with Crippen molar-refractivity contribution in [2.45, 2.75) is 32.2 Å². The highest BCUT2D eigenvalue weighted by atomic mass is 19.1. The molecule has 3 aromatic rings. The lowest BCUT2D eigenvalue weighted by atomic mass is 10.0. The van der Waals surface area contributed by atoms with E-state index in [1.165, 1.54) is 12.1 Å². The molecule has 0 unspecified atom stereocenters. The van der Waals surface area contributed by atoms with Crippen molar-refractivity contribution in [1.82, 2.24) is 14.5 Å². The number of aromatic nitrogens is 2. The molecule has 0 amide bonds. The van der Waals surface area contributed by atoms with Gasteiger partial charge in [-0.15, -0.1) is 0 Å². The molecule has 0 spiro atoms. The number of aryl methyl sites for hydroxylation is 1. The zero-order valence-electron chi connectivity index (χ0n) is 18.9. The van der Waals surface area contributed by atoms with Gasteiger partial charge in [0.15, 0.2) is 5.84 Å². The molecule has 0 radical (unpaired) electrons. The standard InChI is InChI=1S/C26H27FN4O2/c1-18-15-30(17-28-18)23-11-6-19(14-25(23)32-2)13-21-5-3-4-12-31-24(16-33-29-26(21)31)20-7-9-22(27)10-8-20/h6-11,13-15,17,24H,3-5,12,16H2,1-2H3/b21-13+/t24-/m1/s1. The molecule has 5 rings (SSSR count). The third-order valence-electron chi connectivity index (χ3n) is 6.20. The average Bonchev–Trinajstić information content (AvgIpc) is 3.16. The van der Waals surface area contributed by atoms with Crippen LogP contribution in [0.2, 0.25) is 0 Å². The smallest absolute Gasteiger partial charge is 0.172 e. The lowest BCUT2D eigenvalue weighted by molar-refractivity contribution is 0.0614. The third kappa shape index (κ3) is 4.35. The molecule has 170 valence electrons. The highest BCUT2D eigenvalue weighted by Gasteiger charge is 2.31. The molecule has 33 heavy (non-hydrogen) atoms. The van der Waals surface area contributed by atoms with Crippen molar-refractivity contribution in [1.29, 1.82) is 0 Å². The number of methoxy groups -OCH3 is 1. The van der Waals surface area contributed by atoms with E-state index in [0.717, 1.165) is 65.5 Å².